The van der Waals surface area contributed by atoms with E-state index >= 15 is 0 Å². The fourth-order valence-corrected chi connectivity index (χ4v) is 0.975. The van der Waals surface area contributed by atoms with Crippen molar-refractivity contribution in [3.63, 3.8) is 0 Å². The summed E-state index contributed by atoms with van der Waals surface area (Å²) in [6, 6.07) is 0. The van der Waals surface area contributed by atoms with Crippen molar-refractivity contribution in [2.24, 2.45) is 17.2 Å². The van der Waals surface area contributed by atoms with Crippen LogP contribution in [0, 0.1) is 0 Å². The van der Waals surface area contributed by atoms with E-state index in [9.17, 15) is 0 Å². The normalized spacial score (nSPS) is 8.50. The Morgan fingerprint density at radius 2 is 1.15 bits per heavy atom. The Bertz CT molecular complexity index is 204. The van der Waals surface area contributed by atoms with Gasteiger partial charge in [-0.1, -0.05) is 20.1 Å². The second-order valence-electron chi connectivity index (χ2n) is 4.46. The van der Waals surface area contributed by atoms with Crippen molar-refractivity contribution in [3.05, 3.63) is 24.6 Å². The molecule has 0 radical (unpaired) electrons. The molecule has 0 aliphatic carbocycles. The molecule has 0 aromatic carbocycles. The molecule has 0 aliphatic rings. The molecule has 0 fully saturated rings. The fraction of sp³-hybridized carbons (Fsp3) is 0.733. The van der Waals surface area contributed by atoms with Crippen LogP contribution in [0.5, 0.6) is 0 Å². The Morgan fingerprint density at radius 1 is 0.800 bits per heavy atom. The first-order chi connectivity index (χ1) is 9.45. The smallest absolute Gasteiger partial charge is 0.0155 e. The first-order valence-electron chi connectivity index (χ1n) is 7.35. The minimum atomic E-state index is 0.750. The van der Waals surface area contributed by atoms with E-state index in [-0.39, 0.29) is 0 Å². The van der Waals surface area contributed by atoms with Crippen molar-refractivity contribution in [1.29, 1.82) is 0 Å². The van der Waals surface area contributed by atoms with Gasteiger partial charge >= 0.3 is 0 Å². The Kier molecular flexibility index (Phi) is 27.7. The maximum atomic E-state index is 5.30. The van der Waals surface area contributed by atoms with Gasteiger partial charge < -0.3 is 27.8 Å². The minimum absolute atomic E-state index is 0.750. The van der Waals surface area contributed by atoms with Crippen molar-refractivity contribution in [2.75, 3.05) is 32.7 Å². The Labute approximate surface area is 126 Å². The summed E-state index contributed by atoms with van der Waals surface area (Å²) in [5, 5.41) is 6.20. The van der Waals surface area contributed by atoms with Crippen molar-refractivity contribution < 1.29 is 0 Å². The van der Waals surface area contributed by atoms with Crippen molar-refractivity contribution in [1.82, 2.24) is 10.6 Å². The van der Waals surface area contributed by atoms with Crippen LogP contribution in [0.1, 0.15) is 40.0 Å². The fourth-order valence-electron chi connectivity index (χ4n) is 0.975. The molecule has 0 unspecified atom stereocenters. The molecule has 0 heterocycles. The molecule has 20 heavy (non-hydrogen) atoms. The summed E-state index contributed by atoms with van der Waals surface area (Å²) in [5.41, 5.74) is 17.4. The zero-order valence-corrected chi connectivity index (χ0v) is 13.8. The maximum Gasteiger partial charge on any atom is 0.0155 e. The van der Waals surface area contributed by atoms with Crippen LogP contribution in [0.3, 0.4) is 0 Å². The molecular formula is C15H37N5. The van der Waals surface area contributed by atoms with Crippen molar-refractivity contribution in [2.45, 2.75) is 40.0 Å². The van der Waals surface area contributed by atoms with Gasteiger partial charge in [-0.05, 0) is 52.7 Å². The molecule has 0 aromatic rings. The van der Waals surface area contributed by atoms with Gasteiger partial charge in [-0.15, -0.1) is 0 Å². The van der Waals surface area contributed by atoms with Crippen LogP contribution < -0.4 is 27.8 Å². The lowest BCUT2D eigenvalue weighted by atomic mass is 10.3. The van der Waals surface area contributed by atoms with Gasteiger partial charge in [0.05, 0.1) is 0 Å². The van der Waals surface area contributed by atoms with Gasteiger partial charge in [0.1, 0.15) is 0 Å². The van der Waals surface area contributed by atoms with Crippen LogP contribution in [-0.4, -0.2) is 32.7 Å². The highest BCUT2D eigenvalue weighted by atomic mass is 14.9. The molecular weight excluding hydrogens is 250 g/mol. The Morgan fingerprint density at radius 3 is 1.45 bits per heavy atom. The quantitative estimate of drug-likeness (QED) is 0.411. The van der Waals surface area contributed by atoms with E-state index in [1.165, 1.54) is 0 Å². The molecule has 0 aliphatic heterocycles. The third-order valence-electron chi connectivity index (χ3n) is 1.87. The van der Waals surface area contributed by atoms with E-state index in [0.717, 1.165) is 63.4 Å². The SMILES string of the molecule is C=C(C)NCCCCN.C=C(C)NCCCN.CCN. The summed E-state index contributed by atoms with van der Waals surface area (Å²) in [5.74, 6) is 0. The van der Waals surface area contributed by atoms with Gasteiger partial charge in [0, 0.05) is 24.5 Å². The summed E-state index contributed by atoms with van der Waals surface area (Å²) >= 11 is 0. The lowest BCUT2D eigenvalue weighted by Crippen LogP contribution is -2.15. The molecule has 5 nitrogen and oxygen atoms in total. The predicted octanol–water partition coefficient (Wildman–Crippen LogP) is 1.27. The van der Waals surface area contributed by atoms with Gasteiger partial charge in [-0.25, -0.2) is 0 Å². The van der Waals surface area contributed by atoms with Crippen LogP contribution in [-0.2, 0) is 0 Å². The molecule has 0 saturated heterocycles. The van der Waals surface area contributed by atoms with Gasteiger partial charge in [0.2, 0.25) is 0 Å². The van der Waals surface area contributed by atoms with Gasteiger partial charge in [0.15, 0.2) is 0 Å². The van der Waals surface area contributed by atoms with Gasteiger partial charge in [-0.2, -0.15) is 0 Å². The molecule has 0 saturated carbocycles. The van der Waals surface area contributed by atoms with E-state index in [0.29, 0.717) is 0 Å². The van der Waals surface area contributed by atoms with E-state index < -0.39 is 0 Å². The summed E-state index contributed by atoms with van der Waals surface area (Å²) < 4.78 is 0. The van der Waals surface area contributed by atoms with Gasteiger partial charge in [-0.3, -0.25) is 0 Å². The maximum absolute atomic E-state index is 5.30. The highest BCUT2D eigenvalue weighted by Crippen LogP contribution is 1.84. The van der Waals surface area contributed by atoms with E-state index in [2.05, 4.69) is 23.8 Å². The second kappa shape index (κ2) is 23.1. The number of allylic oxidation sites excluding steroid dienone is 2. The first-order valence-corrected chi connectivity index (χ1v) is 7.35. The molecule has 0 aromatic heterocycles. The summed E-state index contributed by atoms with van der Waals surface area (Å²) in [7, 11) is 0. The van der Waals surface area contributed by atoms with E-state index in [1.807, 2.05) is 20.8 Å². The third kappa shape index (κ3) is 43.5. The van der Waals surface area contributed by atoms with Crippen LogP contribution in [0.25, 0.3) is 0 Å². The first kappa shape index (κ1) is 24.0. The summed E-state index contributed by atoms with van der Waals surface area (Å²) in [6.45, 7) is 17.4. The van der Waals surface area contributed by atoms with Crippen molar-refractivity contribution >= 4 is 0 Å². The summed E-state index contributed by atoms with van der Waals surface area (Å²) in [6.07, 6.45) is 3.26. The predicted molar refractivity (Wildman–Crippen MR) is 92.3 cm³/mol. The second-order valence-corrected chi connectivity index (χ2v) is 4.46. The number of nitrogens with one attached hydrogen (secondary N) is 2. The number of hydrogen-bond donors (Lipinski definition) is 5. The van der Waals surface area contributed by atoms with Crippen LogP contribution in [0.4, 0.5) is 0 Å². The largest absolute Gasteiger partial charge is 0.389 e. The van der Waals surface area contributed by atoms with E-state index in [1.54, 1.807) is 0 Å². The topological polar surface area (TPSA) is 102 Å². The molecule has 0 bridgehead atoms. The number of unbranched alkanes of at least 4 members (excludes halogenated alkanes) is 1. The Balaban J connectivity index is -0.000000243. The third-order valence-corrected chi connectivity index (χ3v) is 1.87. The molecule has 0 amide bonds. The van der Waals surface area contributed by atoms with Gasteiger partial charge in [0.25, 0.3) is 0 Å². The monoisotopic (exact) mass is 287 g/mol. The Hall–Kier alpha value is -1.04. The number of hydrogen-bond acceptors (Lipinski definition) is 5. The van der Waals surface area contributed by atoms with Crippen LogP contribution >= 0.6 is 0 Å². The molecule has 0 atom stereocenters. The molecule has 122 valence electrons. The zero-order valence-electron chi connectivity index (χ0n) is 13.8. The minimum Gasteiger partial charge on any atom is -0.389 e. The summed E-state index contributed by atoms with van der Waals surface area (Å²) in [4.78, 5) is 0. The zero-order chi connectivity index (χ0) is 16.2. The van der Waals surface area contributed by atoms with Crippen LogP contribution in [0.15, 0.2) is 24.6 Å². The highest BCUT2D eigenvalue weighted by Gasteiger charge is 1.84. The van der Waals surface area contributed by atoms with E-state index in [4.69, 9.17) is 17.2 Å². The molecule has 0 spiro atoms. The lowest BCUT2D eigenvalue weighted by Gasteiger charge is -2.02. The highest BCUT2D eigenvalue weighted by molar-refractivity contribution is 4.84. The molecule has 0 rings (SSSR count). The number of nitrogens with two attached hydrogens (primary N) is 3. The molecule has 8 N–H and O–H groups in total. The van der Waals surface area contributed by atoms with Crippen LogP contribution in [0.2, 0.25) is 0 Å². The average Bonchev–Trinajstić information content (AvgIpc) is 2.36. The average molecular weight is 287 g/mol. The lowest BCUT2D eigenvalue weighted by molar-refractivity contribution is 0.686. The number of rotatable bonds is 9. The van der Waals surface area contributed by atoms with Crippen molar-refractivity contribution in [3.8, 4) is 0 Å². The standard InChI is InChI=1S/C7H16N2.C6H14N2.C2H7N/c1-7(2)9-6-4-3-5-8;1-6(2)8-5-3-4-7;1-2-3/h9H,1,3-6,8H2,2H3;8H,1,3-5,7H2,2H3;2-3H2,1H3. The molecule has 5 heteroatoms.